The normalized spacial score (nSPS) is 20.6. The number of carbonyl (C=O) groups is 2. The van der Waals surface area contributed by atoms with Crippen molar-refractivity contribution in [2.24, 2.45) is 5.92 Å². The van der Waals surface area contributed by atoms with Crippen LogP contribution in [-0.4, -0.2) is 68.0 Å². The Morgan fingerprint density at radius 2 is 2.08 bits per heavy atom. The van der Waals surface area contributed by atoms with Gasteiger partial charge in [0.05, 0.1) is 43.2 Å². The van der Waals surface area contributed by atoms with Gasteiger partial charge in [0, 0.05) is 36.3 Å². The van der Waals surface area contributed by atoms with Crippen LogP contribution in [0, 0.1) is 5.92 Å². The van der Waals surface area contributed by atoms with Crippen molar-refractivity contribution < 1.29 is 28.5 Å². The van der Waals surface area contributed by atoms with Crippen LogP contribution in [0.3, 0.4) is 0 Å². The Bertz CT molecular complexity index is 1340. The molecule has 0 bridgehead atoms. The summed E-state index contributed by atoms with van der Waals surface area (Å²) in [6.45, 7) is 2.17. The largest absolute Gasteiger partial charge is 0.491 e. The number of cyclic esters (lactones) is 1. The number of amides is 2. The van der Waals surface area contributed by atoms with E-state index in [1.807, 2.05) is 6.07 Å². The second kappa shape index (κ2) is 9.15. The molecule has 1 fully saturated rings. The lowest BCUT2D eigenvalue weighted by Gasteiger charge is -2.26. The van der Waals surface area contributed by atoms with Crippen molar-refractivity contribution in [3.8, 4) is 17.4 Å². The molecule has 2 N–H and O–H groups in total. The zero-order valence-corrected chi connectivity index (χ0v) is 19.7. The number of fused-ring (bicyclic) bond motifs is 4. The molecule has 5 heterocycles. The Morgan fingerprint density at radius 1 is 1.17 bits per heavy atom. The quantitative estimate of drug-likeness (QED) is 0.534. The molecule has 186 valence electrons. The van der Waals surface area contributed by atoms with Gasteiger partial charge in [0.1, 0.15) is 17.6 Å². The molecule has 0 unspecified atom stereocenters. The predicted molar refractivity (Wildman–Crippen MR) is 130 cm³/mol. The highest BCUT2D eigenvalue weighted by Gasteiger charge is 2.33. The summed E-state index contributed by atoms with van der Waals surface area (Å²) in [6, 6.07) is 8.94. The number of anilines is 2. The van der Waals surface area contributed by atoms with E-state index in [1.165, 1.54) is 0 Å². The Kier molecular flexibility index (Phi) is 5.68. The summed E-state index contributed by atoms with van der Waals surface area (Å²) in [4.78, 5) is 34.7. The monoisotopic (exact) mass is 491 g/mol. The number of aromatic nitrogens is 2. The molecule has 1 saturated heterocycles. The van der Waals surface area contributed by atoms with E-state index >= 15 is 0 Å². The van der Waals surface area contributed by atoms with Gasteiger partial charge in [-0.2, -0.15) is 0 Å². The van der Waals surface area contributed by atoms with Crippen molar-refractivity contribution >= 4 is 34.4 Å². The summed E-state index contributed by atoms with van der Waals surface area (Å²) in [5.74, 6) is 1.89. The van der Waals surface area contributed by atoms with Gasteiger partial charge in [-0.15, -0.1) is 0 Å². The van der Waals surface area contributed by atoms with Crippen molar-refractivity contribution in [2.45, 2.75) is 12.5 Å². The number of hydrogen-bond donors (Lipinski definition) is 2. The molecular weight excluding hydrogens is 466 g/mol. The molecule has 0 saturated carbocycles. The average molecular weight is 492 g/mol. The first kappa shape index (κ1) is 22.4. The third kappa shape index (κ3) is 4.22. The van der Waals surface area contributed by atoms with Gasteiger partial charge in [0.25, 0.3) is 5.91 Å². The Labute approximate surface area is 206 Å². The first-order valence-corrected chi connectivity index (χ1v) is 11.8. The van der Waals surface area contributed by atoms with Gasteiger partial charge in [-0.3, -0.25) is 14.7 Å². The van der Waals surface area contributed by atoms with Crippen LogP contribution in [0.4, 0.5) is 16.2 Å². The molecule has 2 amide bonds. The molecule has 0 spiro atoms. The third-order valence-corrected chi connectivity index (χ3v) is 6.52. The molecule has 3 aliphatic heterocycles. The molecule has 6 rings (SSSR count). The van der Waals surface area contributed by atoms with Gasteiger partial charge in [-0.25, -0.2) is 9.78 Å². The second-order valence-corrected chi connectivity index (χ2v) is 9.00. The lowest BCUT2D eigenvalue weighted by Crippen LogP contribution is -2.37. The second-order valence-electron chi connectivity index (χ2n) is 9.00. The Morgan fingerprint density at radius 3 is 2.97 bits per heavy atom. The molecule has 2 aromatic heterocycles. The van der Waals surface area contributed by atoms with Crippen LogP contribution in [0.1, 0.15) is 5.56 Å². The lowest BCUT2D eigenvalue weighted by atomic mass is 9.96. The van der Waals surface area contributed by atoms with Crippen LogP contribution < -0.4 is 29.7 Å². The van der Waals surface area contributed by atoms with E-state index < -0.39 is 6.09 Å². The summed E-state index contributed by atoms with van der Waals surface area (Å²) in [7, 11) is 1.59. The number of pyridine rings is 2. The number of ether oxygens (including phenoxy) is 4. The van der Waals surface area contributed by atoms with E-state index in [-0.39, 0.29) is 24.5 Å². The van der Waals surface area contributed by atoms with Gasteiger partial charge in [-0.1, -0.05) is 0 Å². The molecule has 36 heavy (non-hydrogen) atoms. The minimum absolute atomic E-state index is 0.0126. The Balaban J connectivity index is 1.06. The zero-order valence-electron chi connectivity index (χ0n) is 19.7. The maximum Gasteiger partial charge on any atom is 0.414 e. The van der Waals surface area contributed by atoms with Gasteiger partial charge in [0.2, 0.25) is 5.88 Å². The van der Waals surface area contributed by atoms with Crippen LogP contribution in [0.15, 0.2) is 36.5 Å². The molecule has 0 radical (unpaired) electrons. The Hall–Kier alpha value is -4.12. The number of benzene rings is 1. The van der Waals surface area contributed by atoms with E-state index in [0.29, 0.717) is 49.2 Å². The van der Waals surface area contributed by atoms with Crippen LogP contribution in [0.5, 0.6) is 17.4 Å². The number of nitrogens with zero attached hydrogens (tertiary/aromatic N) is 3. The van der Waals surface area contributed by atoms with E-state index in [0.717, 1.165) is 28.8 Å². The van der Waals surface area contributed by atoms with E-state index in [4.69, 9.17) is 18.9 Å². The van der Waals surface area contributed by atoms with Crippen molar-refractivity contribution in [3.05, 3.63) is 42.1 Å². The van der Waals surface area contributed by atoms with Gasteiger partial charge in [0.15, 0.2) is 6.61 Å². The van der Waals surface area contributed by atoms with E-state index in [1.54, 1.807) is 42.5 Å². The molecule has 11 heteroatoms. The maximum atomic E-state index is 12.5. The number of methoxy groups -OCH3 is 1. The molecule has 3 aromatic rings. The smallest absolute Gasteiger partial charge is 0.414 e. The molecule has 1 aromatic carbocycles. The number of carbonyl (C=O) groups excluding carboxylic acids is 2. The fourth-order valence-corrected chi connectivity index (χ4v) is 4.73. The van der Waals surface area contributed by atoms with Gasteiger partial charge in [-0.05, 0) is 30.7 Å². The summed E-state index contributed by atoms with van der Waals surface area (Å²) < 4.78 is 22.2. The average Bonchev–Trinajstić information content (AvgIpc) is 3.27. The third-order valence-electron chi connectivity index (χ3n) is 6.52. The van der Waals surface area contributed by atoms with Gasteiger partial charge >= 0.3 is 6.09 Å². The molecule has 0 aliphatic carbocycles. The summed E-state index contributed by atoms with van der Waals surface area (Å²) in [5, 5.41) is 6.19. The summed E-state index contributed by atoms with van der Waals surface area (Å²) in [5.41, 5.74) is 3.82. The molecule has 11 nitrogen and oxygen atoms in total. The van der Waals surface area contributed by atoms with Crippen LogP contribution in [-0.2, 0) is 16.0 Å². The fraction of sp³-hybridized carbons (Fsp3) is 0.360. The SMILES string of the molecule is COc1ccc2ncc3c(c2n1)C[C@H](CNC[C@@H]1CN(c2ccc4c(c2)NC(=O)CO4)C(=O)O1)CO3. The molecular formula is C25H25N5O6. The first-order chi connectivity index (χ1) is 17.6. The van der Waals surface area contributed by atoms with Crippen LogP contribution in [0.25, 0.3) is 11.0 Å². The zero-order chi connectivity index (χ0) is 24.6. The summed E-state index contributed by atoms with van der Waals surface area (Å²) >= 11 is 0. The number of rotatable bonds is 6. The molecule has 2 atom stereocenters. The minimum Gasteiger partial charge on any atom is -0.491 e. The van der Waals surface area contributed by atoms with Crippen molar-refractivity contribution in [1.82, 2.24) is 15.3 Å². The molecule has 3 aliphatic rings. The highest BCUT2D eigenvalue weighted by atomic mass is 16.6. The topological polar surface area (TPSA) is 124 Å². The van der Waals surface area contributed by atoms with Crippen molar-refractivity contribution in [3.63, 3.8) is 0 Å². The van der Waals surface area contributed by atoms with E-state index in [2.05, 4.69) is 20.6 Å². The van der Waals surface area contributed by atoms with Crippen molar-refractivity contribution in [2.75, 3.05) is 50.2 Å². The number of hydrogen-bond acceptors (Lipinski definition) is 9. The summed E-state index contributed by atoms with van der Waals surface area (Å²) in [6.07, 6.45) is 1.83. The maximum absolute atomic E-state index is 12.5. The highest BCUT2D eigenvalue weighted by molar-refractivity contribution is 5.97. The highest BCUT2D eigenvalue weighted by Crippen LogP contribution is 2.34. The standard InChI is InChI=1S/C25H25N5O6/c1-33-23-5-3-18-24(29-23)17-6-14(12-34-21(17)10-27-18)8-26-9-16-11-30(25(32)36-16)15-2-4-20-19(7-15)28-22(31)13-35-20/h2-5,7,10,14,16,26H,6,8-9,11-13H2,1H3,(H,28,31)/t14-,16-/m1/s1. The van der Waals surface area contributed by atoms with Gasteiger partial charge < -0.3 is 29.6 Å². The van der Waals surface area contributed by atoms with Crippen molar-refractivity contribution in [1.29, 1.82) is 0 Å². The van der Waals surface area contributed by atoms with E-state index in [9.17, 15) is 9.59 Å². The predicted octanol–water partition coefficient (Wildman–Crippen LogP) is 2.14. The first-order valence-electron chi connectivity index (χ1n) is 11.8. The minimum atomic E-state index is -0.418. The van der Waals surface area contributed by atoms with Crippen LogP contribution >= 0.6 is 0 Å². The fourth-order valence-electron chi connectivity index (χ4n) is 4.73. The number of nitrogens with one attached hydrogen (secondary N) is 2. The van der Waals surface area contributed by atoms with Crippen LogP contribution in [0.2, 0.25) is 0 Å². The lowest BCUT2D eigenvalue weighted by molar-refractivity contribution is -0.118.